The molecule has 24 heavy (non-hydrogen) atoms. The molecular formula is C23H22O. The molecule has 0 aromatic heterocycles. The molecule has 0 aliphatic rings. The molecule has 3 aromatic rings. The van der Waals surface area contributed by atoms with E-state index in [1.54, 1.807) is 0 Å². The summed E-state index contributed by atoms with van der Waals surface area (Å²) in [6.45, 7) is 2.69. The van der Waals surface area contributed by atoms with Crippen molar-refractivity contribution in [3.8, 4) is 0 Å². The molecule has 0 heterocycles. The van der Waals surface area contributed by atoms with Gasteiger partial charge in [-0.05, 0) is 23.6 Å². The zero-order valence-corrected chi connectivity index (χ0v) is 13.9. The van der Waals surface area contributed by atoms with Crippen molar-refractivity contribution in [3.05, 3.63) is 113 Å². The fourth-order valence-electron chi connectivity index (χ4n) is 2.54. The predicted octanol–water partition coefficient (Wildman–Crippen LogP) is 5.97. The average molecular weight is 314 g/mol. The molecule has 0 saturated carbocycles. The number of ether oxygens (including phenoxy) is 1. The van der Waals surface area contributed by atoms with Gasteiger partial charge in [-0.2, -0.15) is 0 Å². The lowest BCUT2D eigenvalue weighted by molar-refractivity contribution is 0.0723. The summed E-state index contributed by atoms with van der Waals surface area (Å²) >= 11 is 0. The highest BCUT2D eigenvalue weighted by Crippen LogP contribution is 2.22. The third-order valence-electron chi connectivity index (χ3n) is 3.94. The lowest BCUT2D eigenvalue weighted by atomic mass is 10.1. The Kier molecular flexibility index (Phi) is 5.60. The van der Waals surface area contributed by atoms with Crippen molar-refractivity contribution in [2.24, 2.45) is 0 Å². The average Bonchev–Trinajstić information content (AvgIpc) is 2.65. The first kappa shape index (κ1) is 16.2. The third-order valence-corrected chi connectivity index (χ3v) is 3.94. The molecule has 0 bridgehead atoms. The Hall–Kier alpha value is -2.64. The van der Waals surface area contributed by atoms with E-state index in [1.807, 2.05) is 36.4 Å². The maximum Gasteiger partial charge on any atom is 0.101 e. The van der Waals surface area contributed by atoms with Crippen molar-refractivity contribution in [1.29, 1.82) is 0 Å². The molecule has 3 rings (SSSR count). The topological polar surface area (TPSA) is 9.23 Å². The smallest absolute Gasteiger partial charge is 0.101 e. The number of hydrogen-bond acceptors (Lipinski definition) is 1. The summed E-state index contributed by atoms with van der Waals surface area (Å²) in [6, 6.07) is 29.1. The minimum absolute atomic E-state index is 0.0623. The third kappa shape index (κ3) is 4.68. The van der Waals surface area contributed by atoms with Crippen LogP contribution in [-0.2, 0) is 11.3 Å². The van der Waals surface area contributed by atoms with E-state index in [0.717, 1.165) is 5.56 Å². The highest BCUT2D eigenvalue weighted by atomic mass is 16.5. The first-order chi connectivity index (χ1) is 11.8. The monoisotopic (exact) mass is 314 g/mol. The largest absolute Gasteiger partial charge is 0.365 e. The lowest BCUT2D eigenvalue weighted by Crippen LogP contribution is -2.02. The van der Waals surface area contributed by atoms with Gasteiger partial charge in [-0.3, -0.25) is 0 Å². The van der Waals surface area contributed by atoms with Gasteiger partial charge in [0.2, 0.25) is 0 Å². The van der Waals surface area contributed by atoms with E-state index in [1.165, 1.54) is 16.7 Å². The summed E-state index contributed by atoms with van der Waals surface area (Å²) in [5.74, 6) is 0. The molecule has 0 aliphatic heterocycles. The molecule has 0 saturated heterocycles. The van der Waals surface area contributed by atoms with Crippen molar-refractivity contribution >= 4 is 6.08 Å². The van der Waals surface area contributed by atoms with Crippen LogP contribution in [0.25, 0.3) is 6.08 Å². The van der Waals surface area contributed by atoms with Crippen LogP contribution in [0.15, 0.2) is 91.0 Å². The second-order valence-electron chi connectivity index (χ2n) is 5.90. The Morgan fingerprint density at radius 1 is 0.792 bits per heavy atom. The molecule has 0 radical (unpaired) electrons. The molecule has 0 amide bonds. The van der Waals surface area contributed by atoms with Crippen LogP contribution < -0.4 is 0 Å². The summed E-state index contributed by atoms with van der Waals surface area (Å²) in [5, 5.41) is 0. The Labute approximate surface area is 144 Å². The molecule has 120 valence electrons. The molecule has 1 nitrogen and oxygen atoms in total. The zero-order chi connectivity index (χ0) is 16.6. The summed E-state index contributed by atoms with van der Waals surface area (Å²) < 4.78 is 6.19. The number of aryl methyl sites for hydroxylation is 1. The van der Waals surface area contributed by atoms with Crippen molar-refractivity contribution in [1.82, 2.24) is 0 Å². The van der Waals surface area contributed by atoms with Gasteiger partial charge in [0.25, 0.3) is 0 Å². The quantitative estimate of drug-likeness (QED) is 0.545. The maximum atomic E-state index is 6.19. The maximum absolute atomic E-state index is 6.19. The normalized spacial score (nSPS) is 12.4. The fraction of sp³-hybridized carbons (Fsp3) is 0.130. The lowest BCUT2D eigenvalue weighted by Gasteiger charge is -2.15. The van der Waals surface area contributed by atoms with Gasteiger partial charge in [0.15, 0.2) is 0 Å². The Morgan fingerprint density at radius 3 is 2.08 bits per heavy atom. The zero-order valence-electron chi connectivity index (χ0n) is 13.9. The van der Waals surface area contributed by atoms with Gasteiger partial charge in [-0.15, -0.1) is 0 Å². The summed E-state index contributed by atoms with van der Waals surface area (Å²) in [6.07, 6.45) is 4.18. The van der Waals surface area contributed by atoms with E-state index in [4.69, 9.17) is 4.74 Å². The molecule has 1 heteroatoms. The van der Waals surface area contributed by atoms with Crippen LogP contribution in [-0.4, -0.2) is 0 Å². The molecule has 0 unspecified atom stereocenters. The van der Waals surface area contributed by atoms with Gasteiger partial charge >= 0.3 is 0 Å². The van der Waals surface area contributed by atoms with Crippen LogP contribution >= 0.6 is 0 Å². The second kappa shape index (κ2) is 8.28. The molecule has 0 spiro atoms. The van der Waals surface area contributed by atoms with E-state index < -0.39 is 0 Å². The summed E-state index contributed by atoms with van der Waals surface area (Å²) in [5.41, 5.74) is 4.80. The van der Waals surface area contributed by atoms with Crippen LogP contribution in [0.5, 0.6) is 0 Å². The number of rotatable bonds is 6. The first-order valence-corrected chi connectivity index (χ1v) is 8.26. The minimum atomic E-state index is -0.0623. The highest BCUT2D eigenvalue weighted by Gasteiger charge is 2.08. The van der Waals surface area contributed by atoms with Gasteiger partial charge in [-0.25, -0.2) is 0 Å². The second-order valence-corrected chi connectivity index (χ2v) is 5.90. The first-order valence-electron chi connectivity index (χ1n) is 8.26. The van der Waals surface area contributed by atoms with Crippen LogP contribution in [0, 0.1) is 6.92 Å². The van der Waals surface area contributed by atoms with Crippen molar-refractivity contribution in [2.75, 3.05) is 0 Å². The molecule has 1 atom stereocenters. The van der Waals surface area contributed by atoms with Gasteiger partial charge < -0.3 is 4.74 Å². The molecule has 0 aliphatic carbocycles. The van der Waals surface area contributed by atoms with E-state index in [2.05, 4.69) is 67.6 Å². The van der Waals surface area contributed by atoms with E-state index in [0.29, 0.717) is 6.61 Å². The molecule has 0 fully saturated rings. The summed E-state index contributed by atoms with van der Waals surface area (Å²) in [4.78, 5) is 0. The SMILES string of the molecule is Cc1ccc(CO[C@H](/C=C/c2ccccc2)c2ccccc2)cc1. The minimum Gasteiger partial charge on any atom is -0.365 e. The van der Waals surface area contributed by atoms with E-state index in [9.17, 15) is 0 Å². The molecule has 0 N–H and O–H groups in total. The van der Waals surface area contributed by atoms with Gasteiger partial charge in [0.1, 0.15) is 6.10 Å². The standard InChI is InChI=1S/C23H22O/c1-19-12-14-21(15-13-19)18-24-23(22-10-6-3-7-11-22)17-16-20-8-4-2-5-9-20/h2-17,23H,18H2,1H3/b17-16+/t23-/m1/s1. The Balaban J connectivity index is 1.75. The highest BCUT2D eigenvalue weighted by molar-refractivity contribution is 5.50. The Morgan fingerprint density at radius 2 is 1.42 bits per heavy atom. The van der Waals surface area contributed by atoms with Gasteiger partial charge in [-0.1, -0.05) is 103 Å². The van der Waals surface area contributed by atoms with Gasteiger partial charge in [0.05, 0.1) is 6.61 Å². The van der Waals surface area contributed by atoms with Crippen LogP contribution in [0.3, 0.4) is 0 Å². The predicted molar refractivity (Wildman–Crippen MR) is 101 cm³/mol. The van der Waals surface area contributed by atoms with Crippen molar-refractivity contribution < 1.29 is 4.74 Å². The van der Waals surface area contributed by atoms with Crippen LogP contribution in [0.1, 0.15) is 28.4 Å². The fourth-order valence-corrected chi connectivity index (χ4v) is 2.54. The van der Waals surface area contributed by atoms with E-state index in [-0.39, 0.29) is 6.10 Å². The summed E-state index contributed by atoms with van der Waals surface area (Å²) in [7, 11) is 0. The molecule has 3 aromatic carbocycles. The Bertz CT molecular complexity index is 758. The van der Waals surface area contributed by atoms with Gasteiger partial charge in [0, 0.05) is 0 Å². The van der Waals surface area contributed by atoms with Crippen molar-refractivity contribution in [2.45, 2.75) is 19.6 Å². The van der Waals surface area contributed by atoms with Crippen molar-refractivity contribution in [3.63, 3.8) is 0 Å². The van der Waals surface area contributed by atoms with E-state index >= 15 is 0 Å². The number of hydrogen-bond donors (Lipinski definition) is 0. The molecular weight excluding hydrogens is 292 g/mol. The number of benzene rings is 3. The van der Waals surface area contributed by atoms with Crippen LogP contribution in [0.2, 0.25) is 0 Å². The van der Waals surface area contributed by atoms with Crippen LogP contribution in [0.4, 0.5) is 0 Å².